The summed E-state index contributed by atoms with van der Waals surface area (Å²) in [5, 5.41) is 0. The van der Waals surface area contributed by atoms with Gasteiger partial charge in [0.2, 0.25) is 0 Å². The van der Waals surface area contributed by atoms with Crippen LogP contribution in [-0.2, 0) is 29.2 Å². The number of hydrogen-bond acceptors (Lipinski definition) is 7. The molecule has 2 unspecified atom stereocenters. The van der Waals surface area contributed by atoms with Gasteiger partial charge in [-0.2, -0.15) is 0 Å². The van der Waals surface area contributed by atoms with E-state index in [-0.39, 0.29) is 24.6 Å². The van der Waals surface area contributed by atoms with Gasteiger partial charge in [-0.25, -0.2) is 8.42 Å². The highest BCUT2D eigenvalue weighted by Crippen LogP contribution is 2.46. The summed E-state index contributed by atoms with van der Waals surface area (Å²) < 4.78 is 39.2. The molecule has 4 bridgehead atoms. The van der Waals surface area contributed by atoms with Gasteiger partial charge in [0.05, 0.1) is 12.5 Å². The minimum absolute atomic E-state index is 0.0777. The van der Waals surface area contributed by atoms with E-state index in [9.17, 15) is 22.6 Å². The van der Waals surface area contributed by atoms with Crippen molar-refractivity contribution in [1.82, 2.24) is 0 Å². The molecule has 8 heteroatoms. The van der Waals surface area contributed by atoms with Crippen LogP contribution < -0.4 is 0 Å². The zero-order chi connectivity index (χ0) is 18.3. The molecule has 2 heterocycles. The van der Waals surface area contributed by atoms with Crippen molar-refractivity contribution in [3.63, 3.8) is 0 Å². The fraction of sp³-hybridized carbons (Fsp3) is 0.875. The number of ether oxygens (including phenoxy) is 2. The standard InChI is InChI=1S/C10H14O2.C4H8O5S.C2H6/c11-10-8-2-6-1-7(3-8)5-9(4-6)12-10;1-2-9-4(5)3-10(6,7)8;1-2/h6-9H,1-5H2;2-3H2,1H3,(H,6,7,8);1-2H3/p-1. The Hall–Kier alpha value is -1.15. The SMILES string of the molecule is CC.CCOC(=O)CS(=O)(=O)[O-].O=C1OC2CC3CC(C2)CC1C3. The van der Waals surface area contributed by atoms with Gasteiger partial charge in [0.25, 0.3) is 0 Å². The Morgan fingerprint density at radius 3 is 2.17 bits per heavy atom. The summed E-state index contributed by atoms with van der Waals surface area (Å²) in [6.45, 7) is 5.60. The Balaban J connectivity index is 0.000000223. The molecule has 7 nitrogen and oxygen atoms in total. The molecule has 2 aliphatic carbocycles. The van der Waals surface area contributed by atoms with Gasteiger partial charge in [0.15, 0.2) is 0 Å². The molecule has 2 aliphatic heterocycles. The third-order valence-electron chi connectivity index (χ3n) is 4.31. The van der Waals surface area contributed by atoms with Crippen LogP contribution in [0.2, 0.25) is 0 Å². The lowest BCUT2D eigenvalue weighted by molar-refractivity contribution is -0.151. The Morgan fingerprint density at radius 1 is 1.17 bits per heavy atom. The predicted molar refractivity (Wildman–Crippen MR) is 86.0 cm³/mol. The summed E-state index contributed by atoms with van der Waals surface area (Å²) in [4.78, 5) is 21.7. The van der Waals surface area contributed by atoms with Crippen LogP contribution in [0.25, 0.3) is 0 Å². The summed E-state index contributed by atoms with van der Waals surface area (Å²) in [6.07, 6.45) is 6.19. The van der Waals surface area contributed by atoms with Crippen molar-refractivity contribution in [3.8, 4) is 0 Å². The van der Waals surface area contributed by atoms with Crippen molar-refractivity contribution < 1.29 is 32.0 Å². The van der Waals surface area contributed by atoms with Gasteiger partial charge in [-0.05, 0) is 50.9 Å². The van der Waals surface area contributed by atoms with E-state index in [1.165, 1.54) is 13.3 Å². The van der Waals surface area contributed by atoms with Crippen LogP contribution in [0.5, 0.6) is 0 Å². The van der Waals surface area contributed by atoms with E-state index >= 15 is 0 Å². The second-order valence-electron chi connectivity index (χ2n) is 6.17. The minimum Gasteiger partial charge on any atom is -0.748 e. The Morgan fingerprint density at radius 2 is 1.71 bits per heavy atom. The van der Waals surface area contributed by atoms with E-state index in [2.05, 4.69) is 4.74 Å². The molecule has 0 aromatic heterocycles. The van der Waals surface area contributed by atoms with Gasteiger partial charge in [0.1, 0.15) is 22.0 Å². The minimum atomic E-state index is -4.47. The molecule has 0 radical (unpaired) electrons. The number of carbonyl (C=O) groups excluding carboxylic acids is 2. The van der Waals surface area contributed by atoms with Gasteiger partial charge in [0, 0.05) is 0 Å². The zero-order valence-corrected chi connectivity index (χ0v) is 15.3. The number of carbonyl (C=O) groups is 2. The van der Waals surface area contributed by atoms with Crippen molar-refractivity contribution in [1.29, 1.82) is 0 Å². The van der Waals surface area contributed by atoms with Crippen LogP contribution in [0.15, 0.2) is 0 Å². The van der Waals surface area contributed by atoms with Gasteiger partial charge in [-0.15, -0.1) is 0 Å². The van der Waals surface area contributed by atoms with Gasteiger partial charge in [-0.3, -0.25) is 9.59 Å². The summed E-state index contributed by atoms with van der Waals surface area (Å²) in [7, 11) is -4.47. The van der Waals surface area contributed by atoms with Crippen LogP contribution in [0.3, 0.4) is 0 Å². The van der Waals surface area contributed by atoms with E-state index in [1.807, 2.05) is 13.8 Å². The third-order valence-corrected chi connectivity index (χ3v) is 4.90. The highest BCUT2D eigenvalue weighted by molar-refractivity contribution is 7.86. The van der Waals surface area contributed by atoms with E-state index in [1.54, 1.807) is 0 Å². The number of fused-ring (bicyclic) bond motifs is 1. The topological polar surface area (TPSA) is 110 Å². The maximum absolute atomic E-state index is 11.4. The summed E-state index contributed by atoms with van der Waals surface area (Å²) in [5.41, 5.74) is 0. The monoisotopic (exact) mass is 363 g/mol. The first-order chi connectivity index (χ1) is 11.3. The largest absolute Gasteiger partial charge is 0.748 e. The van der Waals surface area contributed by atoms with Crippen molar-refractivity contribution in [2.24, 2.45) is 17.8 Å². The second kappa shape index (κ2) is 9.36. The van der Waals surface area contributed by atoms with Gasteiger partial charge >= 0.3 is 11.9 Å². The smallest absolute Gasteiger partial charge is 0.319 e. The average Bonchev–Trinajstić information content (AvgIpc) is 2.63. The first kappa shape index (κ1) is 20.9. The van der Waals surface area contributed by atoms with Crippen LogP contribution >= 0.6 is 0 Å². The average molecular weight is 363 g/mol. The molecule has 0 N–H and O–H groups in total. The quantitative estimate of drug-likeness (QED) is 0.556. The number of esters is 2. The second-order valence-corrected chi connectivity index (χ2v) is 7.58. The molecule has 0 aromatic rings. The van der Waals surface area contributed by atoms with Crippen molar-refractivity contribution >= 4 is 22.1 Å². The fourth-order valence-electron chi connectivity index (χ4n) is 3.69. The summed E-state index contributed by atoms with van der Waals surface area (Å²) in [6, 6.07) is 0. The van der Waals surface area contributed by atoms with E-state index in [4.69, 9.17) is 4.74 Å². The fourth-order valence-corrected chi connectivity index (χ4v) is 4.06. The lowest BCUT2D eigenvalue weighted by atomic mass is 9.68. The highest BCUT2D eigenvalue weighted by atomic mass is 32.2. The molecule has 4 aliphatic rings. The molecule has 2 saturated heterocycles. The highest BCUT2D eigenvalue weighted by Gasteiger charge is 2.44. The molecule has 2 saturated carbocycles. The molecule has 0 spiro atoms. The van der Waals surface area contributed by atoms with Crippen LogP contribution in [0, 0.1) is 17.8 Å². The Kier molecular flexibility index (Phi) is 8.15. The first-order valence-corrected chi connectivity index (χ1v) is 10.1. The number of rotatable bonds is 3. The van der Waals surface area contributed by atoms with Crippen LogP contribution in [0.4, 0.5) is 0 Å². The predicted octanol–water partition coefficient (Wildman–Crippen LogP) is 1.86. The van der Waals surface area contributed by atoms with Crippen LogP contribution in [0.1, 0.15) is 52.9 Å². The molecule has 24 heavy (non-hydrogen) atoms. The van der Waals surface area contributed by atoms with Crippen molar-refractivity contribution in [2.75, 3.05) is 12.4 Å². The first-order valence-electron chi connectivity index (χ1n) is 8.56. The molecular formula is C16H27O7S-. The summed E-state index contributed by atoms with van der Waals surface area (Å²) >= 11 is 0. The molecule has 2 atom stereocenters. The van der Waals surface area contributed by atoms with Crippen molar-refractivity contribution in [2.45, 2.75) is 59.0 Å². The Labute approximate surface area is 143 Å². The summed E-state index contributed by atoms with van der Waals surface area (Å²) in [5.74, 6) is -0.109. The molecule has 0 aromatic carbocycles. The molecule has 4 rings (SSSR count). The molecule has 140 valence electrons. The maximum atomic E-state index is 11.4. The van der Waals surface area contributed by atoms with Crippen molar-refractivity contribution in [3.05, 3.63) is 0 Å². The Bertz CT molecular complexity index is 515. The molecule has 0 amide bonds. The lowest BCUT2D eigenvalue weighted by Gasteiger charge is -2.35. The van der Waals surface area contributed by atoms with Crippen LogP contribution in [-0.4, -0.2) is 43.4 Å². The lowest BCUT2D eigenvalue weighted by Crippen LogP contribution is -2.29. The zero-order valence-electron chi connectivity index (χ0n) is 14.5. The van der Waals surface area contributed by atoms with E-state index in [0.29, 0.717) is 0 Å². The molecule has 4 fully saturated rings. The van der Waals surface area contributed by atoms with E-state index < -0.39 is 21.8 Å². The molecular weight excluding hydrogens is 336 g/mol. The van der Waals surface area contributed by atoms with Gasteiger partial charge in [-0.1, -0.05) is 13.8 Å². The maximum Gasteiger partial charge on any atom is 0.319 e. The van der Waals surface area contributed by atoms with Gasteiger partial charge < -0.3 is 14.0 Å². The third kappa shape index (κ3) is 6.76. The van der Waals surface area contributed by atoms with E-state index in [0.717, 1.165) is 37.5 Å². The number of hydrogen-bond donors (Lipinski definition) is 0. The normalized spacial score (nSPS) is 30.1.